The largest absolute Gasteiger partial charge is 0.289 e. The predicted octanol–water partition coefficient (Wildman–Crippen LogP) is 4.08. The van der Waals surface area contributed by atoms with Crippen molar-refractivity contribution >= 4 is 28.7 Å². The van der Waals surface area contributed by atoms with E-state index < -0.39 is 5.82 Å². The molecule has 2 rings (SSSR count). The number of rotatable bonds is 2. The van der Waals surface area contributed by atoms with Crippen LogP contribution in [-0.2, 0) is 0 Å². The molecule has 0 fully saturated rings. The Labute approximate surface area is 101 Å². The van der Waals surface area contributed by atoms with Crippen molar-refractivity contribution in [2.45, 2.75) is 6.92 Å². The van der Waals surface area contributed by atoms with E-state index in [1.807, 2.05) is 13.0 Å². The molecule has 0 saturated heterocycles. The van der Waals surface area contributed by atoms with Crippen molar-refractivity contribution in [3.8, 4) is 0 Å². The zero-order valence-corrected chi connectivity index (χ0v) is 10.0. The molecule has 0 amide bonds. The maximum absolute atomic E-state index is 12.9. The molecule has 1 aromatic heterocycles. The van der Waals surface area contributed by atoms with Crippen molar-refractivity contribution < 1.29 is 9.18 Å². The zero-order chi connectivity index (χ0) is 11.7. The average molecular weight is 255 g/mol. The molecule has 4 heteroatoms. The van der Waals surface area contributed by atoms with Crippen molar-refractivity contribution in [3.63, 3.8) is 0 Å². The normalized spacial score (nSPS) is 10.4. The van der Waals surface area contributed by atoms with Crippen LogP contribution in [0.25, 0.3) is 0 Å². The van der Waals surface area contributed by atoms with E-state index >= 15 is 0 Å². The van der Waals surface area contributed by atoms with Crippen LogP contribution in [0.3, 0.4) is 0 Å². The zero-order valence-electron chi connectivity index (χ0n) is 8.46. The van der Waals surface area contributed by atoms with Gasteiger partial charge in [0, 0.05) is 21.4 Å². The minimum Gasteiger partial charge on any atom is -0.289 e. The number of halogens is 2. The SMILES string of the molecule is Cc1cc(C(=O)c2ccc(F)c(Cl)c2)cs1. The van der Waals surface area contributed by atoms with Gasteiger partial charge in [0.05, 0.1) is 5.02 Å². The molecule has 0 aliphatic rings. The first-order valence-electron chi connectivity index (χ1n) is 4.63. The molecule has 2 aromatic rings. The number of carbonyl (C=O) groups excluding carboxylic acids is 1. The van der Waals surface area contributed by atoms with Gasteiger partial charge in [0.2, 0.25) is 0 Å². The van der Waals surface area contributed by atoms with Crippen molar-refractivity contribution in [3.05, 3.63) is 56.5 Å². The molecular formula is C12H8ClFOS. The number of benzene rings is 1. The molecule has 16 heavy (non-hydrogen) atoms. The Hall–Kier alpha value is -1.19. The molecule has 0 aliphatic heterocycles. The Kier molecular flexibility index (Phi) is 3.08. The van der Waals surface area contributed by atoms with E-state index in [1.165, 1.54) is 29.5 Å². The Bertz CT molecular complexity index is 548. The molecule has 0 aliphatic carbocycles. The first-order valence-corrected chi connectivity index (χ1v) is 5.88. The molecule has 1 nitrogen and oxygen atoms in total. The van der Waals surface area contributed by atoms with Crippen molar-refractivity contribution in [1.82, 2.24) is 0 Å². The highest BCUT2D eigenvalue weighted by atomic mass is 35.5. The third kappa shape index (κ3) is 2.15. The van der Waals surface area contributed by atoms with Gasteiger partial charge in [0.1, 0.15) is 5.82 Å². The third-order valence-corrected chi connectivity index (χ3v) is 3.33. The maximum atomic E-state index is 12.9. The third-order valence-electron chi connectivity index (χ3n) is 2.17. The van der Waals surface area contributed by atoms with E-state index in [9.17, 15) is 9.18 Å². The number of ketones is 1. The summed E-state index contributed by atoms with van der Waals surface area (Å²) in [5.74, 6) is -0.647. The Balaban J connectivity index is 2.38. The fourth-order valence-electron chi connectivity index (χ4n) is 1.37. The van der Waals surface area contributed by atoms with Gasteiger partial charge in [-0.1, -0.05) is 11.6 Å². The minimum absolute atomic E-state index is 0.0298. The minimum atomic E-state index is -0.514. The molecule has 0 saturated carbocycles. The Morgan fingerprint density at radius 2 is 2.06 bits per heavy atom. The van der Waals surface area contributed by atoms with E-state index in [2.05, 4.69) is 0 Å². The molecule has 0 N–H and O–H groups in total. The molecule has 0 bridgehead atoms. The van der Waals surface area contributed by atoms with Gasteiger partial charge in [-0.3, -0.25) is 4.79 Å². The van der Waals surface area contributed by atoms with Crippen LogP contribution < -0.4 is 0 Å². The second-order valence-corrected chi connectivity index (χ2v) is 4.93. The van der Waals surface area contributed by atoms with Crippen LogP contribution in [0.2, 0.25) is 5.02 Å². The first kappa shape index (κ1) is 11.3. The fourth-order valence-corrected chi connectivity index (χ4v) is 2.23. The summed E-state index contributed by atoms with van der Waals surface area (Å²) in [6.45, 7) is 1.93. The van der Waals surface area contributed by atoms with Crippen molar-refractivity contribution in [2.24, 2.45) is 0 Å². The molecule has 1 heterocycles. The van der Waals surface area contributed by atoms with E-state index in [0.717, 1.165) is 4.88 Å². The summed E-state index contributed by atoms with van der Waals surface area (Å²) in [7, 11) is 0. The lowest BCUT2D eigenvalue weighted by Crippen LogP contribution is -1.99. The highest BCUT2D eigenvalue weighted by molar-refractivity contribution is 7.10. The van der Waals surface area contributed by atoms with E-state index in [-0.39, 0.29) is 10.8 Å². The van der Waals surface area contributed by atoms with Crippen molar-refractivity contribution in [1.29, 1.82) is 0 Å². The van der Waals surface area contributed by atoms with Gasteiger partial charge in [0.15, 0.2) is 5.78 Å². The summed E-state index contributed by atoms with van der Waals surface area (Å²) < 4.78 is 12.9. The van der Waals surface area contributed by atoms with Crippen LogP contribution in [-0.4, -0.2) is 5.78 Å². The van der Waals surface area contributed by atoms with E-state index in [0.29, 0.717) is 11.1 Å². The van der Waals surface area contributed by atoms with Crippen LogP contribution in [0.4, 0.5) is 4.39 Å². The Morgan fingerprint density at radius 3 is 2.62 bits per heavy atom. The molecule has 0 radical (unpaired) electrons. The van der Waals surface area contributed by atoms with Crippen LogP contribution >= 0.6 is 22.9 Å². The van der Waals surface area contributed by atoms with Gasteiger partial charge in [0.25, 0.3) is 0 Å². The number of hydrogen-bond donors (Lipinski definition) is 0. The Morgan fingerprint density at radius 1 is 1.31 bits per heavy atom. The quantitative estimate of drug-likeness (QED) is 0.738. The highest BCUT2D eigenvalue weighted by Gasteiger charge is 2.12. The van der Waals surface area contributed by atoms with Gasteiger partial charge in [-0.15, -0.1) is 11.3 Å². The summed E-state index contributed by atoms with van der Waals surface area (Å²) in [6.07, 6.45) is 0. The lowest BCUT2D eigenvalue weighted by atomic mass is 10.1. The van der Waals surface area contributed by atoms with Gasteiger partial charge < -0.3 is 0 Å². The molecule has 82 valence electrons. The molecule has 0 spiro atoms. The standard InChI is InChI=1S/C12H8ClFOS/c1-7-4-9(6-16-7)12(15)8-2-3-11(14)10(13)5-8/h2-6H,1H3. The maximum Gasteiger partial charge on any atom is 0.193 e. The van der Waals surface area contributed by atoms with Gasteiger partial charge in [-0.25, -0.2) is 4.39 Å². The topological polar surface area (TPSA) is 17.1 Å². The number of carbonyl (C=O) groups is 1. The molecular weight excluding hydrogens is 247 g/mol. The summed E-state index contributed by atoms with van der Waals surface area (Å²) in [5, 5.41) is 1.76. The van der Waals surface area contributed by atoms with Gasteiger partial charge in [-0.2, -0.15) is 0 Å². The lowest BCUT2D eigenvalue weighted by molar-refractivity contribution is 0.103. The van der Waals surface area contributed by atoms with Crippen molar-refractivity contribution in [2.75, 3.05) is 0 Å². The molecule has 0 unspecified atom stereocenters. The van der Waals surface area contributed by atoms with Gasteiger partial charge >= 0.3 is 0 Å². The van der Waals surface area contributed by atoms with Crippen LogP contribution in [0.15, 0.2) is 29.6 Å². The van der Waals surface area contributed by atoms with Crippen LogP contribution in [0, 0.1) is 12.7 Å². The summed E-state index contributed by atoms with van der Waals surface area (Å²) in [4.78, 5) is 13.0. The first-order chi connectivity index (χ1) is 7.58. The monoisotopic (exact) mass is 254 g/mol. The molecule has 1 aromatic carbocycles. The smallest absolute Gasteiger partial charge is 0.193 e. The summed E-state index contributed by atoms with van der Waals surface area (Å²) in [5.41, 5.74) is 1.02. The molecule has 0 atom stereocenters. The predicted molar refractivity (Wildman–Crippen MR) is 63.9 cm³/mol. The van der Waals surface area contributed by atoms with Crippen LogP contribution in [0.1, 0.15) is 20.8 Å². The van der Waals surface area contributed by atoms with Gasteiger partial charge in [-0.05, 0) is 31.2 Å². The lowest BCUT2D eigenvalue weighted by Gasteiger charge is -1.99. The summed E-state index contributed by atoms with van der Waals surface area (Å²) in [6, 6.07) is 5.81. The number of aryl methyl sites for hydroxylation is 1. The fraction of sp³-hybridized carbons (Fsp3) is 0.0833. The highest BCUT2D eigenvalue weighted by Crippen LogP contribution is 2.21. The number of hydrogen-bond acceptors (Lipinski definition) is 2. The van der Waals surface area contributed by atoms with E-state index in [1.54, 1.807) is 5.38 Å². The second-order valence-electron chi connectivity index (χ2n) is 3.40. The summed E-state index contributed by atoms with van der Waals surface area (Å²) >= 11 is 7.13. The van der Waals surface area contributed by atoms with Crippen LogP contribution in [0.5, 0.6) is 0 Å². The second kappa shape index (κ2) is 4.36. The number of thiophene rings is 1. The van der Waals surface area contributed by atoms with E-state index in [4.69, 9.17) is 11.6 Å². The average Bonchev–Trinajstić information content (AvgIpc) is 2.68.